The average Bonchev–Trinajstić information content (AvgIpc) is 2.70. The number of hydrogen-bond donors (Lipinski definition) is 0. The first-order valence-corrected chi connectivity index (χ1v) is 4.02. The molecule has 15 heavy (non-hydrogen) atoms. The molecule has 1 aromatic heterocycles. The maximum Gasteiger partial charge on any atom is 0.272 e. The summed E-state index contributed by atoms with van der Waals surface area (Å²) in [4.78, 5) is 13.4. The Morgan fingerprint density at radius 1 is 1.47 bits per heavy atom. The average molecular weight is 208 g/mol. The molecule has 1 aromatic carbocycles. The van der Waals surface area contributed by atoms with Crippen LogP contribution >= 0.6 is 0 Å². The molecular weight excluding hydrogens is 203 g/mol. The molecule has 0 aliphatic heterocycles. The summed E-state index contributed by atoms with van der Waals surface area (Å²) in [6.45, 7) is 0. The van der Waals surface area contributed by atoms with Gasteiger partial charge in [0.2, 0.25) is 5.89 Å². The van der Waals surface area contributed by atoms with E-state index in [-0.39, 0.29) is 17.1 Å². The quantitative estimate of drug-likeness (QED) is 0.561. The summed E-state index contributed by atoms with van der Waals surface area (Å²) in [5.74, 6) is -0.631. The summed E-state index contributed by atoms with van der Waals surface area (Å²) < 4.78 is 18.2. The highest BCUT2D eigenvalue weighted by Crippen LogP contribution is 2.24. The van der Waals surface area contributed by atoms with Crippen molar-refractivity contribution >= 4 is 5.69 Å². The fraction of sp³-hybridized carbons (Fsp3) is 0. The van der Waals surface area contributed by atoms with Gasteiger partial charge in [-0.1, -0.05) is 0 Å². The van der Waals surface area contributed by atoms with Gasteiger partial charge in [0.25, 0.3) is 5.69 Å². The van der Waals surface area contributed by atoms with E-state index in [1.807, 2.05) is 0 Å². The summed E-state index contributed by atoms with van der Waals surface area (Å²) in [5, 5.41) is 10.4. The molecule has 2 aromatic rings. The van der Waals surface area contributed by atoms with Crippen LogP contribution in [0.4, 0.5) is 10.1 Å². The first kappa shape index (κ1) is 9.32. The third-order valence-corrected chi connectivity index (χ3v) is 1.83. The van der Waals surface area contributed by atoms with E-state index < -0.39 is 10.7 Å². The molecule has 0 spiro atoms. The van der Waals surface area contributed by atoms with Gasteiger partial charge in [-0.25, -0.2) is 9.37 Å². The normalized spacial score (nSPS) is 10.2. The molecule has 76 valence electrons. The molecule has 0 saturated heterocycles. The molecule has 0 saturated carbocycles. The molecule has 5 nitrogen and oxygen atoms in total. The van der Waals surface area contributed by atoms with Crippen molar-refractivity contribution in [1.82, 2.24) is 4.98 Å². The third-order valence-electron chi connectivity index (χ3n) is 1.83. The zero-order valence-corrected chi connectivity index (χ0v) is 7.38. The van der Waals surface area contributed by atoms with Crippen molar-refractivity contribution < 1.29 is 13.7 Å². The maximum atomic E-state index is 13.4. The van der Waals surface area contributed by atoms with Crippen LogP contribution in [0.3, 0.4) is 0 Å². The van der Waals surface area contributed by atoms with Gasteiger partial charge in [0.1, 0.15) is 12.1 Å². The van der Waals surface area contributed by atoms with E-state index in [1.54, 1.807) is 0 Å². The van der Waals surface area contributed by atoms with Crippen LogP contribution in [0.2, 0.25) is 0 Å². The zero-order valence-electron chi connectivity index (χ0n) is 7.38. The van der Waals surface area contributed by atoms with Crippen LogP contribution in [-0.2, 0) is 0 Å². The van der Waals surface area contributed by atoms with Crippen molar-refractivity contribution in [2.75, 3.05) is 0 Å². The second kappa shape index (κ2) is 3.49. The molecule has 0 fully saturated rings. The van der Waals surface area contributed by atoms with Crippen molar-refractivity contribution in [3.05, 3.63) is 46.6 Å². The first-order chi connectivity index (χ1) is 7.18. The van der Waals surface area contributed by atoms with Crippen molar-refractivity contribution in [2.45, 2.75) is 0 Å². The van der Waals surface area contributed by atoms with Crippen LogP contribution < -0.4 is 0 Å². The predicted molar refractivity (Wildman–Crippen MR) is 48.6 cm³/mol. The van der Waals surface area contributed by atoms with Crippen molar-refractivity contribution in [3.8, 4) is 11.5 Å². The van der Waals surface area contributed by atoms with Crippen molar-refractivity contribution in [3.63, 3.8) is 0 Å². The van der Waals surface area contributed by atoms with Gasteiger partial charge in [-0.15, -0.1) is 0 Å². The fourth-order valence-corrected chi connectivity index (χ4v) is 1.15. The smallest absolute Gasteiger partial charge is 0.272 e. The minimum atomic E-state index is -0.730. The SMILES string of the molecule is O=[N+]([O-])c1ccc(-c2ncco2)c(F)c1. The number of nitrogens with zero attached hydrogens (tertiary/aromatic N) is 2. The number of halogens is 1. The van der Waals surface area contributed by atoms with E-state index in [9.17, 15) is 14.5 Å². The van der Waals surface area contributed by atoms with Crippen LogP contribution in [0.1, 0.15) is 0 Å². The lowest BCUT2D eigenvalue weighted by Gasteiger charge is -1.97. The number of rotatable bonds is 2. The summed E-state index contributed by atoms with van der Waals surface area (Å²) in [7, 11) is 0. The van der Waals surface area contributed by atoms with E-state index in [0.717, 1.165) is 6.07 Å². The fourth-order valence-electron chi connectivity index (χ4n) is 1.15. The van der Waals surface area contributed by atoms with Crippen molar-refractivity contribution in [1.29, 1.82) is 0 Å². The number of aromatic nitrogens is 1. The molecular formula is C9H5FN2O3. The molecule has 1 heterocycles. The van der Waals surface area contributed by atoms with Gasteiger partial charge in [0.05, 0.1) is 22.7 Å². The van der Waals surface area contributed by atoms with Crippen LogP contribution in [-0.4, -0.2) is 9.91 Å². The maximum absolute atomic E-state index is 13.4. The summed E-state index contributed by atoms with van der Waals surface area (Å²) in [6, 6.07) is 3.29. The summed E-state index contributed by atoms with van der Waals surface area (Å²) >= 11 is 0. The Morgan fingerprint density at radius 2 is 2.27 bits per heavy atom. The molecule has 2 rings (SSSR count). The molecule has 0 amide bonds. The van der Waals surface area contributed by atoms with Crippen LogP contribution in [0.25, 0.3) is 11.5 Å². The van der Waals surface area contributed by atoms with E-state index in [1.165, 1.54) is 24.6 Å². The van der Waals surface area contributed by atoms with Crippen LogP contribution in [0.5, 0.6) is 0 Å². The highest BCUT2D eigenvalue weighted by atomic mass is 19.1. The molecule has 0 aliphatic rings. The molecule has 0 radical (unpaired) electrons. The summed E-state index contributed by atoms with van der Waals surface area (Å²) in [5.41, 5.74) is -0.201. The molecule has 0 unspecified atom stereocenters. The Balaban J connectivity index is 2.48. The van der Waals surface area contributed by atoms with Gasteiger partial charge >= 0.3 is 0 Å². The van der Waals surface area contributed by atoms with E-state index in [0.29, 0.717) is 0 Å². The van der Waals surface area contributed by atoms with Crippen LogP contribution in [0, 0.1) is 15.9 Å². The number of nitro groups is 1. The van der Waals surface area contributed by atoms with Gasteiger partial charge in [0, 0.05) is 6.07 Å². The Bertz CT molecular complexity index is 496. The monoisotopic (exact) mass is 208 g/mol. The van der Waals surface area contributed by atoms with Gasteiger partial charge in [0.15, 0.2) is 0 Å². The number of hydrogen-bond acceptors (Lipinski definition) is 4. The number of oxazole rings is 1. The second-order valence-electron chi connectivity index (χ2n) is 2.76. The Hall–Kier alpha value is -2.24. The van der Waals surface area contributed by atoms with Gasteiger partial charge in [-0.05, 0) is 6.07 Å². The Morgan fingerprint density at radius 3 is 2.80 bits per heavy atom. The highest BCUT2D eigenvalue weighted by molar-refractivity contribution is 5.56. The molecule has 0 N–H and O–H groups in total. The van der Waals surface area contributed by atoms with Gasteiger partial charge < -0.3 is 4.42 Å². The largest absolute Gasteiger partial charge is 0.444 e. The van der Waals surface area contributed by atoms with Gasteiger partial charge in [-0.2, -0.15) is 0 Å². The number of benzene rings is 1. The second-order valence-corrected chi connectivity index (χ2v) is 2.76. The zero-order chi connectivity index (χ0) is 10.8. The summed E-state index contributed by atoms with van der Waals surface area (Å²) in [6.07, 6.45) is 2.67. The van der Waals surface area contributed by atoms with E-state index in [4.69, 9.17) is 4.42 Å². The Labute approximate surface area is 83.3 Å². The van der Waals surface area contributed by atoms with Gasteiger partial charge in [-0.3, -0.25) is 10.1 Å². The molecule has 6 heteroatoms. The van der Waals surface area contributed by atoms with E-state index >= 15 is 0 Å². The lowest BCUT2D eigenvalue weighted by atomic mass is 10.2. The Kier molecular flexibility index (Phi) is 2.17. The lowest BCUT2D eigenvalue weighted by Crippen LogP contribution is -1.91. The minimum absolute atomic E-state index is 0.0994. The highest BCUT2D eigenvalue weighted by Gasteiger charge is 2.14. The van der Waals surface area contributed by atoms with E-state index in [2.05, 4.69) is 4.98 Å². The molecule has 0 bridgehead atoms. The minimum Gasteiger partial charge on any atom is -0.444 e. The number of non-ortho nitro benzene ring substituents is 1. The van der Waals surface area contributed by atoms with Crippen LogP contribution in [0.15, 0.2) is 35.1 Å². The standard InChI is InChI=1S/C9H5FN2O3/c10-8-5-6(12(13)14)1-2-7(8)9-11-3-4-15-9/h1-5H. The molecule has 0 aliphatic carbocycles. The third kappa shape index (κ3) is 1.69. The molecule has 0 atom stereocenters. The number of nitro benzene ring substituents is 1. The first-order valence-electron chi connectivity index (χ1n) is 4.02. The topological polar surface area (TPSA) is 69.2 Å². The van der Waals surface area contributed by atoms with Crippen molar-refractivity contribution in [2.24, 2.45) is 0 Å². The lowest BCUT2D eigenvalue weighted by molar-refractivity contribution is -0.385. The predicted octanol–water partition coefficient (Wildman–Crippen LogP) is 2.39.